The van der Waals surface area contributed by atoms with E-state index >= 15 is 0 Å². The highest BCUT2D eigenvalue weighted by atomic mass is 35.5. The average molecular weight is 226 g/mol. The van der Waals surface area contributed by atoms with Crippen molar-refractivity contribution >= 4 is 11.6 Å². The molecule has 1 aliphatic rings. The molecule has 1 N–H and O–H groups in total. The number of hydrogen-bond donors (Lipinski definition) is 1. The van der Waals surface area contributed by atoms with Gasteiger partial charge in [-0.15, -0.1) is 0 Å². The Morgan fingerprint density at radius 2 is 2.00 bits per heavy atom. The minimum absolute atomic E-state index is 0.302. The van der Waals surface area contributed by atoms with Crippen LogP contribution in [-0.4, -0.2) is 19.2 Å². The second-order valence-electron chi connectivity index (χ2n) is 3.94. The summed E-state index contributed by atoms with van der Waals surface area (Å²) in [6, 6.07) is 8.06. The maximum atomic E-state index is 5.91. The van der Waals surface area contributed by atoms with Gasteiger partial charge >= 0.3 is 0 Å². The molecular weight excluding hydrogens is 210 g/mol. The number of hydrogen-bond acceptors (Lipinski definition) is 2. The smallest absolute Gasteiger partial charge is 0.119 e. The topological polar surface area (TPSA) is 21.3 Å². The van der Waals surface area contributed by atoms with Crippen LogP contribution in [0.4, 0.5) is 0 Å². The maximum absolute atomic E-state index is 5.91. The second kappa shape index (κ2) is 4.86. The van der Waals surface area contributed by atoms with Gasteiger partial charge < -0.3 is 10.1 Å². The fourth-order valence-corrected chi connectivity index (χ4v) is 2.21. The predicted molar refractivity (Wildman–Crippen MR) is 62.6 cm³/mol. The molecular formula is C12H16ClNO. The average Bonchev–Trinajstić information content (AvgIpc) is 2.69. The van der Waals surface area contributed by atoms with Gasteiger partial charge in [-0.1, -0.05) is 11.6 Å². The Morgan fingerprint density at radius 1 is 1.27 bits per heavy atom. The number of halogens is 1. The molecule has 3 heteroatoms. The largest absolute Gasteiger partial charge is 0.489 e. The van der Waals surface area contributed by atoms with E-state index in [9.17, 15) is 0 Å². The molecule has 0 spiro atoms. The summed E-state index contributed by atoms with van der Waals surface area (Å²) in [7, 11) is 1.99. The van der Waals surface area contributed by atoms with Gasteiger partial charge in [0.1, 0.15) is 11.9 Å². The minimum Gasteiger partial charge on any atom is -0.489 e. The van der Waals surface area contributed by atoms with Crippen molar-refractivity contribution in [2.45, 2.75) is 31.4 Å². The van der Waals surface area contributed by atoms with E-state index in [1.54, 1.807) is 0 Å². The molecule has 0 aromatic heterocycles. The number of likely N-dealkylation sites (N-methyl/N-ethyl adjacent to an activating group) is 1. The molecule has 1 fully saturated rings. The van der Waals surface area contributed by atoms with Crippen molar-refractivity contribution in [3.63, 3.8) is 0 Å². The van der Waals surface area contributed by atoms with Crippen molar-refractivity contribution in [1.82, 2.24) is 5.32 Å². The summed E-state index contributed by atoms with van der Waals surface area (Å²) in [6.45, 7) is 0. The maximum Gasteiger partial charge on any atom is 0.119 e. The van der Waals surface area contributed by atoms with Gasteiger partial charge in [0.25, 0.3) is 0 Å². The van der Waals surface area contributed by atoms with Gasteiger partial charge in [-0.25, -0.2) is 0 Å². The molecule has 2 atom stereocenters. The van der Waals surface area contributed by atoms with Crippen LogP contribution in [0.5, 0.6) is 5.75 Å². The number of rotatable bonds is 3. The lowest BCUT2D eigenvalue weighted by molar-refractivity contribution is 0.179. The van der Waals surface area contributed by atoms with Crippen LogP contribution in [0.2, 0.25) is 5.02 Å². The van der Waals surface area contributed by atoms with E-state index in [4.69, 9.17) is 16.3 Å². The first-order valence-corrected chi connectivity index (χ1v) is 5.77. The first-order chi connectivity index (χ1) is 7.29. The summed E-state index contributed by atoms with van der Waals surface area (Å²) in [5.74, 6) is 0.909. The van der Waals surface area contributed by atoms with Gasteiger partial charge in [-0.2, -0.15) is 0 Å². The van der Waals surface area contributed by atoms with Crippen LogP contribution in [0.3, 0.4) is 0 Å². The molecule has 15 heavy (non-hydrogen) atoms. The Bertz CT molecular complexity index is 312. The summed E-state index contributed by atoms with van der Waals surface area (Å²) in [5, 5.41) is 4.04. The molecule has 0 amide bonds. The standard InChI is InChI=1S/C12H16ClNO/c1-14-11-3-2-4-12(11)15-10-7-5-9(13)6-8-10/h5-8,11-12,14H,2-4H2,1H3. The Labute approximate surface area is 95.6 Å². The third kappa shape index (κ3) is 2.64. The number of ether oxygens (including phenoxy) is 1. The monoisotopic (exact) mass is 225 g/mol. The molecule has 2 rings (SSSR count). The lowest BCUT2D eigenvalue weighted by Crippen LogP contribution is -2.36. The Morgan fingerprint density at radius 3 is 2.67 bits per heavy atom. The summed E-state index contributed by atoms with van der Waals surface area (Å²) in [5.41, 5.74) is 0. The first-order valence-electron chi connectivity index (χ1n) is 5.39. The van der Waals surface area contributed by atoms with Crippen LogP contribution in [0.25, 0.3) is 0 Å². The molecule has 0 saturated heterocycles. The van der Waals surface area contributed by atoms with Crippen LogP contribution < -0.4 is 10.1 Å². The third-order valence-electron chi connectivity index (χ3n) is 2.92. The SMILES string of the molecule is CNC1CCCC1Oc1ccc(Cl)cc1. The quantitative estimate of drug-likeness (QED) is 0.854. The number of benzene rings is 1. The fourth-order valence-electron chi connectivity index (χ4n) is 2.09. The van der Waals surface area contributed by atoms with Crippen molar-refractivity contribution in [3.8, 4) is 5.75 Å². The van der Waals surface area contributed by atoms with Crippen molar-refractivity contribution in [2.24, 2.45) is 0 Å². The highest BCUT2D eigenvalue weighted by Crippen LogP contribution is 2.25. The molecule has 0 heterocycles. The van der Waals surface area contributed by atoms with Crippen LogP contribution in [0.1, 0.15) is 19.3 Å². The lowest BCUT2D eigenvalue weighted by Gasteiger charge is -2.20. The van der Waals surface area contributed by atoms with Crippen molar-refractivity contribution in [1.29, 1.82) is 0 Å². The van der Waals surface area contributed by atoms with Gasteiger partial charge in [0.15, 0.2) is 0 Å². The Balaban J connectivity index is 1.99. The summed E-state index contributed by atoms with van der Waals surface area (Å²) >= 11 is 5.82. The third-order valence-corrected chi connectivity index (χ3v) is 3.18. The van der Waals surface area contributed by atoms with Crippen molar-refractivity contribution in [3.05, 3.63) is 29.3 Å². The number of nitrogens with one attached hydrogen (secondary N) is 1. The van der Waals surface area contributed by atoms with Crippen molar-refractivity contribution < 1.29 is 4.74 Å². The van der Waals surface area contributed by atoms with E-state index in [1.807, 2.05) is 31.3 Å². The molecule has 2 unspecified atom stereocenters. The molecule has 1 aromatic rings. The highest BCUT2D eigenvalue weighted by Gasteiger charge is 2.27. The zero-order chi connectivity index (χ0) is 10.7. The van der Waals surface area contributed by atoms with E-state index in [-0.39, 0.29) is 0 Å². The molecule has 1 saturated carbocycles. The molecule has 1 aliphatic carbocycles. The minimum atomic E-state index is 0.302. The van der Waals surface area contributed by atoms with E-state index in [0.29, 0.717) is 12.1 Å². The summed E-state index contributed by atoms with van der Waals surface area (Å²) in [6.07, 6.45) is 3.88. The molecule has 2 nitrogen and oxygen atoms in total. The predicted octanol–water partition coefficient (Wildman–Crippen LogP) is 2.86. The van der Waals surface area contributed by atoms with E-state index in [2.05, 4.69) is 5.32 Å². The normalized spacial score (nSPS) is 25.5. The van der Waals surface area contributed by atoms with E-state index in [0.717, 1.165) is 17.2 Å². The Hall–Kier alpha value is -0.730. The van der Waals surface area contributed by atoms with Crippen LogP contribution in [0, 0.1) is 0 Å². The second-order valence-corrected chi connectivity index (χ2v) is 4.37. The van der Waals surface area contributed by atoms with Gasteiger partial charge in [0.05, 0.1) is 0 Å². The van der Waals surface area contributed by atoms with Crippen LogP contribution in [-0.2, 0) is 0 Å². The lowest BCUT2D eigenvalue weighted by atomic mass is 10.2. The zero-order valence-electron chi connectivity index (χ0n) is 8.87. The molecule has 0 aliphatic heterocycles. The van der Waals surface area contributed by atoms with Gasteiger partial charge in [-0.3, -0.25) is 0 Å². The molecule has 1 aromatic carbocycles. The first kappa shape index (κ1) is 10.8. The van der Waals surface area contributed by atoms with Gasteiger partial charge in [0.2, 0.25) is 0 Å². The van der Waals surface area contributed by atoms with Gasteiger partial charge in [0, 0.05) is 11.1 Å². The highest BCUT2D eigenvalue weighted by molar-refractivity contribution is 6.30. The zero-order valence-corrected chi connectivity index (χ0v) is 9.63. The summed E-state index contributed by atoms with van der Waals surface area (Å²) < 4.78 is 5.91. The van der Waals surface area contributed by atoms with Gasteiger partial charge in [-0.05, 0) is 50.6 Å². The fraction of sp³-hybridized carbons (Fsp3) is 0.500. The van der Waals surface area contributed by atoms with E-state index in [1.165, 1.54) is 12.8 Å². The molecule has 0 radical (unpaired) electrons. The van der Waals surface area contributed by atoms with Crippen molar-refractivity contribution in [2.75, 3.05) is 7.05 Å². The molecule has 82 valence electrons. The Kier molecular flexibility index (Phi) is 3.49. The molecule has 0 bridgehead atoms. The van der Waals surface area contributed by atoms with Crippen LogP contribution in [0.15, 0.2) is 24.3 Å². The van der Waals surface area contributed by atoms with Crippen LogP contribution >= 0.6 is 11.6 Å². The van der Waals surface area contributed by atoms with E-state index < -0.39 is 0 Å². The summed E-state index contributed by atoms with van der Waals surface area (Å²) in [4.78, 5) is 0.